The lowest BCUT2D eigenvalue weighted by Crippen LogP contribution is -2.39. The highest BCUT2D eigenvalue weighted by atomic mass is 16.2. The van der Waals surface area contributed by atoms with E-state index in [1.54, 1.807) is 4.90 Å². The maximum Gasteiger partial charge on any atom is 0.276 e. The van der Waals surface area contributed by atoms with Gasteiger partial charge in [-0.3, -0.25) is 14.7 Å². The Morgan fingerprint density at radius 2 is 2.00 bits per heavy atom. The second-order valence-electron chi connectivity index (χ2n) is 5.96. The van der Waals surface area contributed by atoms with Crippen LogP contribution in [-0.2, 0) is 4.79 Å². The minimum Gasteiger partial charge on any atom is -0.395 e. The zero-order valence-corrected chi connectivity index (χ0v) is 12.6. The molecule has 0 atom stereocenters. The Bertz CT molecular complexity index is 529. The van der Waals surface area contributed by atoms with Gasteiger partial charge in [0.25, 0.3) is 5.91 Å². The van der Waals surface area contributed by atoms with E-state index in [-0.39, 0.29) is 23.7 Å². The summed E-state index contributed by atoms with van der Waals surface area (Å²) in [5, 5.41) is 6.91. The normalized spacial score (nSPS) is 16.4. The first kappa shape index (κ1) is 15.3. The molecule has 0 spiro atoms. The molecule has 1 aromatic heterocycles. The summed E-state index contributed by atoms with van der Waals surface area (Å²) in [6, 6.07) is 0. The summed E-state index contributed by atoms with van der Waals surface area (Å²) in [5.74, 6) is 0.0423. The molecule has 1 aromatic rings. The van der Waals surface area contributed by atoms with E-state index in [4.69, 9.17) is 11.5 Å². The van der Waals surface area contributed by atoms with Crippen LogP contribution in [0.1, 0.15) is 55.2 Å². The molecule has 1 aliphatic heterocycles. The van der Waals surface area contributed by atoms with Crippen molar-refractivity contribution in [2.24, 2.45) is 11.7 Å². The summed E-state index contributed by atoms with van der Waals surface area (Å²) in [5.41, 5.74) is 12.7. The lowest BCUT2D eigenvalue weighted by molar-refractivity contribution is -0.119. The maximum absolute atomic E-state index is 12.5. The van der Waals surface area contributed by atoms with Gasteiger partial charge in [0.1, 0.15) is 0 Å². The average Bonchev–Trinajstić information content (AvgIpc) is 2.80. The van der Waals surface area contributed by atoms with Gasteiger partial charge in [-0.15, -0.1) is 0 Å². The highest BCUT2D eigenvalue weighted by Crippen LogP contribution is 2.25. The molecule has 1 saturated heterocycles. The third-order valence-corrected chi connectivity index (χ3v) is 4.00. The van der Waals surface area contributed by atoms with Crippen LogP contribution in [0.2, 0.25) is 0 Å². The Labute approximate surface area is 124 Å². The molecule has 116 valence electrons. The predicted molar refractivity (Wildman–Crippen MR) is 79.5 cm³/mol. The molecule has 2 rings (SSSR count). The van der Waals surface area contributed by atoms with Crippen LogP contribution in [0.15, 0.2) is 0 Å². The van der Waals surface area contributed by atoms with Gasteiger partial charge in [-0.1, -0.05) is 13.8 Å². The predicted octanol–water partition coefficient (Wildman–Crippen LogP) is 0.843. The summed E-state index contributed by atoms with van der Waals surface area (Å²) in [6.45, 7) is 5.21. The van der Waals surface area contributed by atoms with Crippen LogP contribution in [0.5, 0.6) is 0 Å². The number of aromatic nitrogens is 2. The zero-order chi connectivity index (χ0) is 15.6. The topological polar surface area (TPSA) is 118 Å². The number of aromatic amines is 1. The molecule has 0 saturated carbocycles. The number of likely N-dealkylation sites (tertiary alicyclic amines) is 1. The van der Waals surface area contributed by atoms with Crippen molar-refractivity contribution in [1.82, 2.24) is 15.1 Å². The summed E-state index contributed by atoms with van der Waals surface area (Å²) in [6.07, 6.45) is 1.97. The molecule has 0 aromatic carbocycles. The smallest absolute Gasteiger partial charge is 0.276 e. The Balaban J connectivity index is 2.01. The van der Waals surface area contributed by atoms with Gasteiger partial charge in [0.05, 0.1) is 11.4 Å². The standard InChI is InChI=1S/C14H23N5O2/c1-8(2)12-11(16)13(18-17-12)14(21)19-5-3-9(4-6-19)7-10(15)20/h8-9H,3-7,16H2,1-2H3,(H2,15,20)(H,17,18). The molecule has 7 heteroatoms. The Hall–Kier alpha value is -2.05. The van der Waals surface area contributed by atoms with Crippen LogP contribution < -0.4 is 11.5 Å². The molecular formula is C14H23N5O2. The number of hydrogen-bond donors (Lipinski definition) is 3. The van der Waals surface area contributed by atoms with Crippen molar-refractivity contribution in [2.75, 3.05) is 18.8 Å². The number of amides is 2. The first-order valence-corrected chi connectivity index (χ1v) is 7.31. The summed E-state index contributed by atoms with van der Waals surface area (Å²) < 4.78 is 0. The van der Waals surface area contributed by atoms with Gasteiger partial charge in [-0.2, -0.15) is 5.10 Å². The lowest BCUT2D eigenvalue weighted by atomic mass is 9.93. The number of hydrogen-bond acceptors (Lipinski definition) is 4. The number of nitrogen functional groups attached to an aromatic ring is 1. The van der Waals surface area contributed by atoms with Gasteiger partial charge < -0.3 is 16.4 Å². The van der Waals surface area contributed by atoms with Crippen molar-refractivity contribution in [1.29, 1.82) is 0 Å². The molecule has 1 aliphatic rings. The Morgan fingerprint density at radius 3 is 2.48 bits per heavy atom. The molecule has 0 aliphatic carbocycles. The summed E-state index contributed by atoms with van der Waals surface area (Å²) in [4.78, 5) is 25.1. The van der Waals surface area contributed by atoms with Gasteiger partial charge >= 0.3 is 0 Å². The van der Waals surface area contributed by atoms with Crippen LogP contribution in [0.25, 0.3) is 0 Å². The van der Waals surface area contributed by atoms with Gasteiger partial charge in [0.2, 0.25) is 5.91 Å². The fraction of sp³-hybridized carbons (Fsp3) is 0.643. The third-order valence-electron chi connectivity index (χ3n) is 4.00. The van der Waals surface area contributed by atoms with Crippen LogP contribution in [-0.4, -0.2) is 40.0 Å². The first-order chi connectivity index (χ1) is 9.90. The highest BCUT2D eigenvalue weighted by molar-refractivity contribution is 5.97. The number of anilines is 1. The van der Waals surface area contributed by atoms with Crippen LogP contribution in [0, 0.1) is 5.92 Å². The van der Waals surface area contributed by atoms with Crippen LogP contribution in [0.4, 0.5) is 5.69 Å². The molecule has 2 amide bonds. The van der Waals surface area contributed by atoms with Crippen molar-refractivity contribution in [2.45, 2.75) is 39.0 Å². The molecule has 2 heterocycles. The maximum atomic E-state index is 12.5. The van der Waals surface area contributed by atoms with Crippen LogP contribution in [0.3, 0.4) is 0 Å². The number of piperidine rings is 1. The summed E-state index contributed by atoms with van der Waals surface area (Å²) in [7, 11) is 0. The Kier molecular flexibility index (Phi) is 4.50. The van der Waals surface area contributed by atoms with Gasteiger partial charge in [0, 0.05) is 19.5 Å². The van der Waals surface area contributed by atoms with Crippen molar-refractivity contribution in [3.63, 3.8) is 0 Å². The molecular weight excluding hydrogens is 270 g/mol. The molecule has 0 bridgehead atoms. The van der Waals surface area contributed by atoms with Crippen LogP contribution >= 0.6 is 0 Å². The van der Waals surface area contributed by atoms with E-state index in [1.165, 1.54) is 0 Å². The number of carbonyl (C=O) groups excluding carboxylic acids is 2. The highest BCUT2D eigenvalue weighted by Gasteiger charge is 2.28. The zero-order valence-electron chi connectivity index (χ0n) is 12.6. The van der Waals surface area contributed by atoms with Gasteiger partial charge in [-0.25, -0.2) is 0 Å². The molecule has 0 unspecified atom stereocenters. The minimum absolute atomic E-state index is 0.145. The fourth-order valence-corrected chi connectivity index (χ4v) is 2.74. The number of primary amides is 1. The quantitative estimate of drug-likeness (QED) is 0.762. The van der Waals surface area contributed by atoms with E-state index >= 15 is 0 Å². The number of nitrogens with zero attached hydrogens (tertiary/aromatic N) is 2. The van der Waals surface area contributed by atoms with Gasteiger partial charge in [0.15, 0.2) is 5.69 Å². The molecule has 1 fully saturated rings. The van der Waals surface area contributed by atoms with Gasteiger partial charge in [-0.05, 0) is 24.7 Å². The van der Waals surface area contributed by atoms with E-state index in [0.717, 1.165) is 18.5 Å². The Morgan fingerprint density at radius 1 is 1.38 bits per heavy atom. The van der Waals surface area contributed by atoms with E-state index in [9.17, 15) is 9.59 Å². The number of H-pyrrole nitrogens is 1. The molecule has 21 heavy (non-hydrogen) atoms. The van der Waals surface area contributed by atoms with Crippen molar-refractivity contribution < 1.29 is 9.59 Å². The molecule has 7 nitrogen and oxygen atoms in total. The average molecular weight is 293 g/mol. The number of nitrogens with two attached hydrogens (primary N) is 2. The van der Waals surface area contributed by atoms with Crippen molar-refractivity contribution in [3.05, 3.63) is 11.4 Å². The number of rotatable bonds is 4. The summed E-state index contributed by atoms with van der Waals surface area (Å²) >= 11 is 0. The largest absolute Gasteiger partial charge is 0.395 e. The van der Waals surface area contributed by atoms with E-state index in [1.807, 2.05) is 13.8 Å². The SMILES string of the molecule is CC(C)c1[nH]nc(C(=O)N2CCC(CC(N)=O)CC2)c1N. The number of carbonyl (C=O) groups is 2. The monoisotopic (exact) mass is 293 g/mol. The number of nitrogens with one attached hydrogen (secondary N) is 1. The second-order valence-corrected chi connectivity index (χ2v) is 5.96. The first-order valence-electron chi connectivity index (χ1n) is 7.31. The van der Waals surface area contributed by atoms with E-state index in [2.05, 4.69) is 10.2 Å². The molecule has 0 radical (unpaired) electrons. The second kappa shape index (κ2) is 6.15. The fourth-order valence-electron chi connectivity index (χ4n) is 2.74. The van der Waals surface area contributed by atoms with E-state index < -0.39 is 0 Å². The third kappa shape index (κ3) is 3.34. The van der Waals surface area contributed by atoms with Crippen molar-refractivity contribution >= 4 is 17.5 Å². The molecule has 5 N–H and O–H groups in total. The lowest BCUT2D eigenvalue weighted by Gasteiger charge is -2.31. The minimum atomic E-state index is -0.280. The van der Waals surface area contributed by atoms with E-state index in [0.29, 0.717) is 30.9 Å². The van der Waals surface area contributed by atoms with Crippen molar-refractivity contribution in [3.8, 4) is 0 Å².